The molecule has 0 spiro atoms. The maximum Gasteiger partial charge on any atom is 0.281 e. The number of halogens is 1. The third kappa shape index (κ3) is 24.9. The fraction of sp³-hybridized carbons (Fsp3) is 0.340. The summed E-state index contributed by atoms with van der Waals surface area (Å²) in [6.45, 7) is 31.4. The van der Waals surface area contributed by atoms with Crippen LogP contribution in [0.2, 0.25) is 5.02 Å². The van der Waals surface area contributed by atoms with Crippen LogP contribution in [0.5, 0.6) is 17.5 Å². The van der Waals surface area contributed by atoms with Crippen LogP contribution >= 0.6 is 11.6 Å². The number of hydrogen-bond donors (Lipinski definition) is 7. The molecule has 17 rings (SSSR count). The van der Waals surface area contributed by atoms with Crippen molar-refractivity contribution in [1.82, 2.24) is 63.7 Å². The molecular weight excluding hydrogens is 1950 g/mol. The largest absolute Gasteiger partial charge is 0.492 e. The number of carbonyl (C=O) groups is 4. The Morgan fingerprint density at radius 2 is 0.972 bits per heavy atom. The first-order valence-corrected chi connectivity index (χ1v) is 53.0. The van der Waals surface area contributed by atoms with E-state index in [4.69, 9.17) is 52.0 Å². The fourth-order valence-electron chi connectivity index (χ4n) is 19.0. The SMILES string of the molecule is CC1CN(c2ncc(-c3ccccc3C#N)cc2C(=O)NS(=O)(=O)c2cccc(N)n2)C(C)(C)C1.CC1CN(c2ncccc2C(=O)NS(=O)(=O)c2cccc(OCc3ccc(Cl)cc3)n2)C(C)(C)C1.COCCOc1ncc(-c2ccc(C(=O)NS(=O)(=O)c3cccc(N)n3)c(N3C[C@@H](C)CC3(C)C)n2)cc1C.C[C@H]1CN(c2nc(-c3cccc4c3OCC4)ccc2C(=O)NS(=O)(=O)c2ccc[nH]c2=O)C(C)(C)C1. The van der Waals surface area contributed by atoms with Gasteiger partial charge in [-0.15, -0.1) is 0 Å². The standard InChI is InChI=1S/C27H34N6O5S.C26H28N4O5S.C25H27ClN4O4S.C25H26N6O3S/c1-17-14-27(3,4)33(16-17)24-20(25(34)32-39(35,36)23-8-6-7-22(28)31-23)9-10-21(30-24)19-13-18(2)26(29-15-19)38-12-11-37-5;1-16-14-26(2,3)30(15-16)23-19(24(31)29-36(33,34)21-8-5-12-27-25(21)32)9-10-20(28-23)18-7-4-6-17-11-13-35-22(17)18;1-17-14-25(2,3)30(15-17)23-20(6-5-13-27-23)24(31)29-35(32,33)22-8-4-7-21(28-22)34-16-18-9-11-19(26)12-10-18;1-16-12-25(2,3)31(15-16)23-20(11-18(14-28-23)19-8-5-4-7-17(19)13-26)24(32)30-35(33,34)22-10-6-9-21(27)29-22/h6-10,13,15,17H,11-12,14,16H2,1-5H3,(H2,28,31)(H,32,34);4-10,12,16H,11,13-15H2,1-3H3,(H,27,32)(H,29,31);4-13,17H,14-16H2,1-3H3,(H,29,31);4-11,14,16H,12,15H2,1-3H3,(H2,27,29)(H,30,32)/t17-;16-;;/m01../s1. The second-order valence-corrected chi connectivity index (χ2v) is 45.9. The van der Waals surface area contributed by atoms with Crippen molar-refractivity contribution in [2.45, 2.75) is 171 Å². The summed E-state index contributed by atoms with van der Waals surface area (Å²) in [6.07, 6.45) is 10.6. The zero-order chi connectivity index (χ0) is 105. The number of nitriles is 1. The molecule has 4 saturated heterocycles. The molecular formula is C103H115ClN20O17S4. The minimum absolute atomic E-state index is 0.0191. The third-order valence-electron chi connectivity index (χ3n) is 25.2. The van der Waals surface area contributed by atoms with E-state index in [0.717, 1.165) is 78.3 Å². The molecule has 3 aromatic carbocycles. The molecule has 5 aliphatic heterocycles. The molecule has 42 heteroatoms. The number of hydrogen-bond acceptors (Lipinski definition) is 32. The smallest absolute Gasteiger partial charge is 0.281 e. The van der Waals surface area contributed by atoms with Gasteiger partial charge in [-0.1, -0.05) is 100.0 Å². The summed E-state index contributed by atoms with van der Waals surface area (Å²) in [5.74, 6) is 1.32. The van der Waals surface area contributed by atoms with Gasteiger partial charge in [0, 0.05) is 126 Å². The quantitative estimate of drug-likeness (QED) is 0.0248. The number of benzene rings is 3. The summed E-state index contributed by atoms with van der Waals surface area (Å²) in [5.41, 5.74) is 17.0. The summed E-state index contributed by atoms with van der Waals surface area (Å²) >= 11 is 5.89. The molecule has 9 N–H and O–H groups in total. The van der Waals surface area contributed by atoms with Gasteiger partial charge in [0.15, 0.2) is 20.0 Å². The number of nitrogen functional groups attached to an aromatic ring is 2. The number of sulfonamides is 4. The van der Waals surface area contributed by atoms with Crippen molar-refractivity contribution in [3.05, 3.63) is 267 Å². The van der Waals surface area contributed by atoms with Crippen LogP contribution in [-0.4, -0.2) is 177 Å². The number of anilines is 6. The molecule has 9 aromatic heterocycles. The first-order valence-electron chi connectivity index (χ1n) is 46.7. The number of aromatic nitrogens is 9. The van der Waals surface area contributed by atoms with Crippen molar-refractivity contribution < 1.29 is 71.8 Å². The summed E-state index contributed by atoms with van der Waals surface area (Å²) in [6, 6.07) is 50.6. The number of aromatic amines is 1. The van der Waals surface area contributed by atoms with E-state index >= 15 is 0 Å². The van der Waals surface area contributed by atoms with E-state index < -0.39 is 74.2 Å². The maximum absolute atomic E-state index is 13.4. The summed E-state index contributed by atoms with van der Waals surface area (Å²) in [5, 5.41) is 9.12. The average molecular weight is 2070 g/mol. The van der Waals surface area contributed by atoms with Gasteiger partial charge in [0.2, 0.25) is 11.8 Å². The number of carbonyl (C=O) groups excluding carboxylic acids is 4. The molecule has 0 aliphatic carbocycles. The van der Waals surface area contributed by atoms with Gasteiger partial charge in [0.05, 0.1) is 58.5 Å². The van der Waals surface area contributed by atoms with Crippen LogP contribution in [0.4, 0.5) is 34.9 Å². The van der Waals surface area contributed by atoms with E-state index in [1.807, 2.05) is 36.1 Å². The van der Waals surface area contributed by atoms with Crippen molar-refractivity contribution >= 4 is 110 Å². The second kappa shape index (κ2) is 43.5. The van der Waals surface area contributed by atoms with Crippen LogP contribution in [0.1, 0.15) is 172 Å². The highest BCUT2D eigenvalue weighted by Crippen LogP contribution is 2.45. The van der Waals surface area contributed by atoms with Crippen LogP contribution in [-0.2, 0) is 57.9 Å². The molecule has 12 aromatic rings. The lowest BCUT2D eigenvalue weighted by Gasteiger charge is -2.34. The molecule has 4 atom stereocenters. The molecule has 37 nitrogen and oxygen atoms in total. The maximum atomic E-state index is 13.4. The summed E-state index contributed by atoms with van der Waals surface area (Å²) < 4.78 is 134. The van der Waals surface area contributed by atoms with E-state index in [1.165, 1.54) is 60.8 Å². The molecule has 2 unspecified atom stereocenters. The lowest BCUT2D eigenvalue weighted by atomic mass is 9.97. The molecule has 0 saturated carbocycles. The van der Waals surface area contributed by atoms with Gasteiger partial charge in [0.25, 0.3) is 69.3 Å². The van der Waals surface area contributed by atoms with Crippen molar-refractivity contribution in [1.29, 1.82) is 5.26 Å². The van der Waals surface area contributed by atoms with E-state index in [9.17, 15) is 62.9 Å². The molecule has 0 radical (unpaired) electrons. The minimum Gasteiger partial charge on any atom is -0.492 e. The number of nitrogens with two attached hydrogens (primary N) is 2. The first kappa shape index (κ1) is 106. The molecule has 760 valence electrons. The van der Waals surface area contributed by atoms with Gasteiger partial charge >= 0.3 is 0 Å². The number of aryl methyl sites for hydroxylation is 1. The fourth-order valence-corrected chi connectivity index (χ4v) is 22.9. The number of amides is 4. The highest BCUT2D eigenvalue weighted by Gasteiger charge is 2.45. The molecule has 5 aliphatic rings. The van der Waals surface area contributed by atoms with Gasteiger partial charge in [-0.3, -0.25) is 24.0 Å². The highest BCUT2D eigenvalue weighted by atomic mass is 35.5. The number of nitrogens with zero attached hydrogens (tertiary/aromatic N) is 13. The molecule has 0 bridgehead atoms. The van der Waals surface area contributed by atoms with Crippen LogP contribution < -0.4 is 69.7 Å². The van der Waals surface area contributed by atoms with Crippen LogP contribution in [0.15, 0.2) is 232 Å². The number of nitrogens with one attached hydrogen (secondary N) is 5. The predicted octanol–water partition coefficient (Wildman–Crippen LogP) is 14.1. The van der Waals surface area contributed by atoms with E-state index in [0.29, 0.717) is 125 Å². The van der Waals surface area contributed by atoms with E-state index in [1.54, 1.807) is 123 Å². The number of methoxy groups -OCH3 is 1. The first-order chi connectivity index (χ1) is 68.5. The number of fused-ring (bicyclic) bond motifs is 1. The second-order valence-electron chi connectivity index (χ2n) is 38.9. The Kier molecular flexibility index (Phi) is 31.9. The molecule has 14 heterocycles. The van der Waals surface area contributed by atoms with Crippen molar-refractivity contribution in [2.24, 2.45) is 23.7 Å². The zero-order valence-corrected chi connectivity index (χ0v) is 86.6. The zero-order valence-electron chi connectivity index (χ0n) is 82.6. The number of H-pyrrole nitrogens is 1. The van der Waals surface area contributed by atoms with E-state index in [-0.39, 0.29) is 83.6 Å². The molecule has 4 amide bonds. The van der Waals surface area contributed by atoms with E-state index in [2.05, 4.69) is 158 Å². The highest BCUT2D eigenvalue weighted by molar-refractivity contribution is 7.91. The minimum atomic E-state index is -4.40. The third-order valence-corrected chi connectivity index (χ3v) is 30.5. The topological polar surface area (TPSA) is 515 Å². The van der Waals surface area contributed by atoms with Gasteiger partial charge in [0.1, 0.15) is 53.9 Å². The Balaban J connectivity index is 0.000000153. The number of para-hydroxylation sites is 1. The van der Waals surface area contributed by atoms with Gasteiger partial charge < -0.3 is 55.0 Å². The Labute approximate surface area is 848 Å². The summed E-state index contributed by atoms with van der Waals surface area (Å²) in [7, 11) is -15.6. The van der Waals surface area contributed by atoms with Crippen molar-refractivity contribution in [3.8, 4) is 57.2 Å². The monoisotopic (exact) mass is 2070 g/mol. The van der Waals surface area contributed by atoms with Gasteiger partial charge in [-0.2, -0.15) is 35.5 Å². The molecule has 4 fully saturated rings. The van der Waals surface area contributed by atoms with Crippen LogP contribution in [0.25, 0.3) is 33.6 Å². The Morgan fingerprint density at radius 1 is 0.497 bits per heavy atom. The lowest BCUT2D eigenvalue weighted by Crippen LogP contribution is -2.41. The number of ether oxygens (including phenoxy) is 4. The Bertz CT molecular complexity index is 7520. The lowest BCUT2D eigenvalue weighted by molar-refractivity contribution is 0.0972. The van der Waals surface area contributed by atoms with Gasteiger partial charge in [-0.25, -0.2) is 62.2 Å². The van der Waals surface area contributed by atoms with Crippen molar-refractivity contribution in [3.63, 3.8) is 0 Å². The van der Waals surface area contributed by atoms with Crippen LogP contribution in [0, 0.1) is 41.9 Å². The van der Waals surface area contributed by atoms with Crippen LogP contribution in [0.3, 0.4) is 0 Å². The Hall–Kier alpha value is -14.6. The van der Waals surface area contributed by atoms with Gasteiger partial charge in [-0.05, 0) is 238 Å². The average Bonchev–Trinajstić information content (AvgIpc) is 1.64. The molecule has 145 heavy (non-hydrogen) atoms. The predicted molar refractivity (Wildman–Crippen MR) is 551 cm³/mol. The Morgan fingerprint density at radius 3 is 1.49 bits per heavy atom. The normalized spacial score (nSPS) is 17.4. The number of rotatable bonds is 26. The summed E-state index contributed by atoms with van der Waals surface area (Å²) in [4.78, 5) is 110. The van der Waals surface area contributed by atoms with Crippen molar-refractivity contribution in [2.75, 3.05) is 84.2 Å². The number of pyridine rings is 9.